The van der Waals surface area contributed by atoms with E-state index in [1.807, 2.05) is 0 Å². The summed E-state index contributed by atoms with van der Waals surface area (Å²) in [4.78, 5) is 27.2. The highest BCUT2D eigenvalue weighted by atomic mass is 16.7. The smallest absolute Gasteiger partial charge is 0.202 e. The number of carbonyl (C=O) groups excluding carboxylic acids is 2. The van der Waals surface area contributed by atoms with Gasteiger partial charge in [-0.25, -0.2) is 0 Å². The molecule has 0 aromatic heterocycles. The minimum Gasteiger partial charge on any atom is -0.507 e. The van der Waals surface area contributed by atoms with Crippen LogP contribution in [0.1, 0.15) is 68.8 Å². The van der Waals surface area contributed by atoms with Crippen LogP contribution in [0.2, 0.25) is 0 Å². The first-order chi connectivity index (χ1) is 18.4. The second-order valence-corrected chi connectivity index (χ2v) is 10.3. The number of carbonyl (C=O) groups is 2. The van der Waals surface area contributed by atoms with Gasteiger partial charge >= 0.3 is 0 Å². The lowest BCUT2D eigenvalue weighted by Gasteiger charge is -2.43. The Morgan fingerprint density at radius 1 is 1.18 bits per heavy atom. The Morgan fingerprint density at radius 3 is 2.51 bits per heavy atom. The number of rotatable bonds is 5. The lowest BCUT2D eigenvalue weighted by atomic mass is 9.71. The maximum absolute atomic E-state index is 13.7. The Hall–Kier alpha value is -3.32. The molecule has 0 amide bonds. The van der Waals surface area contributed by atoms with E-state index in [0.29, 0.717) is 0 Å². The predicted molar refractivity (Wildman–Crippen MR) is 136 cm³/mol. The molecule has 2 aliphatic carbocycles. The van der Waals surface area contributed by atoms with Gasteiger partial charge in [-0.05, 0) is 18.6 Å². The first-order valence-electron chi connectivity index (χ1n) is 12.6. The summed E-state index contributed by atoms with van der Waals surface area (Å²) < 4.78 is 17.2. The van der Waals surface area contributed by atoms with Crippen molar-refractivity contribution in [1.82, 2.24) is 0 Å². The van der Waals surface area contributed by atoms with Gasteiger partial charge in [0.2, 0.25) is 5.78 Å². The maximum Gasteiger partial charge on any atom is 0.202 e. The molecule has 3 aliphatic rings. The van der Waals surface area contributed by atoms with Gasteiger partial charge in [-0.1, -0.05) is 18.7 Å². The summed E-state index contributed by atoms with van der Waals surface area (Å²) in [5.74, 6) is -2.47. The number of benzene rings is 2. The van der Waals surface area contributed by atoms with Gasteiger partial charge in [0.05, 0.1) is 54.3 Å². The third-order valence-electron chi connectivity index (χ3n) is 7.99. The van der Waals surface area contributed by atoms with Crippen LogP contribution in [0.15, 0.2) is 30.4 Å². The molecular formula is C28H31NO10. The zero-order valence-corrected chi connectivity index (χ0v) is 21.5. The summed E-state index contributed by atoms with van der Waals surface area (Å²) >= 11 is 0. The largest absolute Gasteiger partial charge is 0.507 e. The Morgan fingerprint density at radius 2 is 1.87 bits per heavy atom. The van der Waals surface area contributed by atoms with Gasteiger partial charge in [-0.15, -0.1) is 0 Å². The normalized spacial score (nSPS) is 29.8. The monoisotopic (exact) mass is 541 g/mol. The number of hydrogen-bond donors (Lipinski definition) is 6. The van der Waals surface area contributed by atoms with Crippen LogP contribution in [0.3, 0.4) is 0 Å². The van der Waals surface area contributed by atoms with Crippen LogP contribution in [-0.4, -0.2) is 81.0 Å². The molecule has 0 radical (unpaired) electrons. The molecule has 2 aromatic carbocycles. The number of aliphatic hydroxyl groups excluding tert-OH is 2. The van der Waals surface area contributed by atoms with Crippen molar-refractivity contribution in [2.24, 2.45) is 5.73 Å². The molecule has 0 unspecified atom stereocenters. The standard InChI is InChI=1S/C28H31NO10/c1-11(10-30)28(36)8-14-20(17(9-28)39-18-7-15(29)23(31)12(2)38-18)27(35)22-21(25(14)33)24(32)13-5-4-6-16(37-3)19(13)26(22)34/h4-6,12,15,17-18,23,30-31,33,35-36H,1,7-10,29H2,2-3H3/t12-,15-,17-,18-,23+,28-/m1/s1. The van der Waals surface area contributed by atoms with Crippen LogP contribution >= 0.6 is 0 Å². The fourth-order valence-electron chi connectivity index (χ4n) is 5.81. The Balaban J connectivity index is 1.69. The number of ether oxygens (including phenoxy) is 3. The van der Waals surface area contributed by atoms with Crippen LogP contribution in [0.25, 0.3) is 0 Å². The SMILES string of the molecule is C=C(CO)[C@@]1(O)Cc2c(O)c3c(c(O)c2[C@H](O[C@@H]2C[C@@H](N)[C@@H](O)[C@@H](C)O2)C1)C(=O)c1c(OC)cccc1C3=O. The third-order valence-corrected chi connectivity index (χ3v) is 7.99. The lowest BCUT2D eigenvalue weighted by molar-refractivity contribution is -0.246. The van der Waals surface area contributed by atoms with Gasteiger partial charge < -0.3 is 45.5 Å². The summed E-state index contributed by atoms with van der Waals surface area (Å²) in [5, 5.41) is 54.4. The Labute approximate surface area is 224 Å². The third kappa shape index (κ3) is 4.13. The molecule has 11 nitrogen and oxygen atoms in total. The molecule has 0 bridgehead atoms. The summed E-state index contributed by atoms with van der Waals surface area (Å²) in [6.45, 7) is 4.80. The van der Waals surface area contributed by atoms with Crippen molar-refractivity contribution in [3.8, 4) is 17.2 Å². The first kappa shape index (κ1) is 27.3. The Bertz CT molecular complexity index is 1380. The summed E-state index contributed by atoms with van der Waals surface area (Å²) in [5.41, 5.74) is 3.39. The van der Waals surface area contributed by atoms with Gasteiger partial charge in [0.1, 0.15) is 17.2 Å². The highest BCUT2D eigenvalue weighted by Gasteiger charge is 2.48. The number of aliphatic hydroxyl groups is 3. The van der Waals surface area contributed by atoms with Crippen molar-refractivity contribution in [3.63, 3.8) is 0 Å². The lowest BCUT2D eigenvalue weighted by Crippen LogP contribution is -2.52. The van der Waals surface area contributed by atoms with E-state index in [1.54, 1.807) is 6.92 Å². The highest BCUT2D eigenvalue weighted by molar-refractivity contribution is 6.31. The molecule has 5 rings (SSSR count). The van der Waals surface area contributed by atoms with Crippen LogP contribution in [0, 0.1) is 0 Å². The van der Waals surface area contributed by atoms with E-state index in [-0.39, 0.29) is 52.8 Å². The zero-order valence-electron chi connectivity index (χ0n) is 21.5. The van der Waals surface area contributed by atoms with Crippen molar-refractivity contribution < 1.29 is 49.3 Å². The molecule has 11 heteroatoms. The highest BCUT2D eigenvalue weighted by Crippen LogP contribution is 2.53. The molecule has 6 atom stereocenters. The van der Waals surface area contributed by atoms with E-state index in [1.165, 1.54) is 25.3 Å². The first-order valence-corrected chi connectivity index (χ1v) is 12.6. The quantitative estimate of drug-likeness (QED) is 0.200. The number of nitrogens with two attached hydrogens (primary N) is 1. The number of fused-ring (bicyclic) bond motifs is 3. The Kier molecular flexibility index (Phi) is 6.78. The molecule has 1 saturated heterocycles. The molecule has 1 fully saturated rings. The second-order valence-electron chi connectivity index (χ2n) is 10.3. The van der Waals surface area contributed by atoms with Crippen molar-refractivity contribution in [1.29, 1.82) is 0 Å². The summed E-state index contributed by atoms with van der Waals surface area (Å²) in [6, 6.07) is 3.79. The van der Waals surface area contributed by atoms with E-state index in [2.05, 4.69) is 6.58 Å². The van der Waals surface area contributed by atoms with Crippen LogP contribution in [-0.2, 0) is 15.9 Å². The van der Waals surface area contributed by atoms with Gasteiger partial charge in [0, 0.05) is 42.0 Å². The number of phenolic OH excluding ortho intramolecular Hbond substituents is 2. The maximum atomic E-state index is 13.7. The van der Waals surface area contributed by atoms with E-state index in [4.69, 9.17) is 19.9 Å². The number of ketones is 2. The minimum absolute atomic E-state index is 0.00252. The van der Waals surface area contributed by atoms with Crippen molar-refractivity contribution in [3.05, 3.63) is 63.7 Å². The molecule has 7 N–H and O–H groups in total. The predicted octanol–water partition coefficient (Wildman–Crippen LogP) is 0.988. The van der Waals surface area contributed by atoms with E-state index >= 15 is 0 Å². The molecule has 208 valence electrons. The van der Waals surface area contributed by atoms with Gasteiger partial charge in [-0.2, -0.15) is 0 Å². The number of aromatic hydroxyl groups is 2. The van der Waals surface area contributed by atoms with E-state index < -0.39 is 77.0 Å². The topological polar surface area (TPSA) is 189 Å². The number of methoxy groups -OCH3 is 1. The van der Waals surface area contributed by atoms with Crippen LogP contribution in [0.4, 0.5) is 0 Å². The summed E-state index contributed by atoms with van der Waals surface area (Å²) in [7, 11) is 1.35. The van der Waals surface area contributed by atoms with Gasteiger partial charge in [0.15, 0.2) is 12.1 Å². The molecular weight excluding hydrogens is 510 g/mol. The molecule has 39 heavy (non-hydrogen) atoms. The minimum atomic E-state index is -1.80. The summed E-state index contributed by atoms with van der Waals surface area (Å²) in [6.07, 6.45) is -4.23. The van der Waals surface area contributed by atoms with Crippen molar-refractivity contribution >= 4 is 11.6 Å². The second kappa shape index (κ2) is 9.70. The number of hydrogen-bond acceptors (Lipinski definition) is 11. The van der Waals surface area contributed by atoms with Crippen LogP contribution in [0.5, 0.6) is 17.2 Å². The molecule has 0 saturated carbocycles. The fourth-order valence-corrected chi connectivity index (χ4v) is 5.81. The van der Waals surface area contributed by atoms with Gasteiger partial charge in [0.25, 0.3) is 0 Å². The van der Waals surface area contributed by atoms with Crippen molar-refractivity contribution in [2.75, 3.05) is 13.7 Å². The van der Waals surface area contributed by atoms with Gasteiger partial charge in [-0.3, -0.25) is 9.59 Å². The molecule has 1 heterocycles. The average Bonchev–Trinajstić information content (AvgIpc) is 2.90. The average molecular weight is 542 g/mol. The van der Waals surface area contributed by atoms with E-state index in [0.717, 1.165) is 0 Å². The molecule has 2 aromatic rings. The molecule has 1 aliphatic heterocycles. The fraction of sp³-hybridized carbons (Fsp3) is 0.429. The molecule has 0 spiro atoms. The zero-order chi connectivity index (χ0) is 28.4. The van der Waals surface area contributed by atoms with Crippen LogP contribution < -0.4 is 10.5 Å². The van der Waals surface area contributed by atoms with Crippen molar-refractivity contribution in [2.45, 2.75) is 62.4 Å². The number of phenols is 2. The van der Waals surface area contributed by atoms with E-state index in [9.17, 15) is 35.1 Å².